The van der Waals surface area contributed by atoms with Crippen LogP contribution in [0.5, 0.6) is 0 Å². The smallest absolute Gasteiger partial charge is 0.335 e. The molecule has 0 unspecified atom stereocenters. The fraction of sp³-hybridized carbons (Fsp3) is 0.321. The van der Waals surface area contributed by atoms with E-state index in [2.05, 4.69) is 26.2 Å². The Morgan fingerprint density at radius 2 is 1.61 bits per heavy atom. The summed E-state index contributed by atoms with van der Waals surface area (Å²) in [4.78, 5) is 37.9. The second-order valence-corrected chi connectivity index (χ2v) is 9.63. The van der Waals surface area contributed by atoms with Crippen LogP contribution in [-0.4, -0.2) is 38.9 Å². The summed E-state index contributed by atoms with van der Waals surface area (Å²) in [6.07, 6.45) is 3.24. The molecule has 36 heavy (non-hydrogen) atoms. The van der Waals surface area contributed by atoms with Crippen LogP contribution in [0.25, 0.3) is 0 Å². The molecule has 8 nitrogen and oxygen atoms in total. The van der Waals surface area contributed by atoms with Gasteiger partial charge in [-0.05, 0) is 66.8 Å². The van der Waals surface area contributed by atoms with Gasteiger partial charge in [-0.15, -0.1) is 0 Å². The van der Waals surface area contributed by atoms with Gasteiger partial charge in [-0.1, -0.05) is 24.3 Å². The summed E-state index contributed by atoms with van der Waals surface area (Å²) in [5.74, 6) is -1.13. The summed E-state index contributed by atoms with van der Waals surface area (Å²) in [5, 5.41) is 14.9. The SMILES string of the molecule is CC(=O)Nc1ccc(CNC(=O)c2ccc3n2CCN(Cc2ccc(C(=O)O)cc2)C32CCC2)cc1. The van der Waals surface area contributed by atoms with E-state index in [0.29, 0.717) is 17.8 Å². The summed E-state index contributed by atoms with van der Waals surface area (Å²) < 4.78 is 2.17. The largest absolute Gasteiger partial charge is 0.478 e. The Morgan fingerprint density at radius 1 is 0.917 bits per heavy atom. The molecule has 1 saturated carbocycles. The third-order valence-corrected chi connectivity index (χ3v) is 7.37. The summed E-state index contributed by atoms with van der Waals surface area (Å²) in [5.41, 5.74) is 4.85. The highest BCUT2D eigenvalue weighted by molar-refractivity contribution is 5.93. The summed E-state index contributed by atoms with van der Waals surface area (Å²) in [7, 11) is 0. The fourth-order valence-corrected chi connectivity index (χ4v) is 5.38. The van der Waals surface area contributed by atoms with Crippen LogP contribution >= 0.6 is 0 Å². The second kappa shape index (κ2) is 9.62. The molecule has 8 heteroatoms. The minimum atomic E-state index is -0.916. The van der Waals surface area contributed by atoms with E-state index >= 15 is 0 Å². The van der Waals surface area contributed by atoms with E-state index in [1.807, 2.05) is 42.5 Å². The molecular formula is C28H30N4O4. The van der Waals surface area contributed by atoms with Gasteiger partial charge < -0.3 is 20.3 Å². The Bertz CT molecular complexity index is 1290. The molecule has 2 aliphatic rings. The average Bonchev–Trinajstić information content (AvgIpc) is 3.27. The number of fused-ring (bicyclic) bond motifs is 2. The van der Waals surface area contributed by atoms with E-state index in [4.69, 9.17) is 5.11 Å². The number of nitrogens with zero attached hydrogens (tertiary/aromatic N) is 2. The van der Waals surface area contributed by atoms with Crippen molar-refractivity contribution >= 4 is 23.5 Å². The van der Waals surface area contributed by atoms with Gasteiger partial charge in [0.15, 0.2) is 0 Å². The minimum absolute atomic E-state index is 0.0816. The van der Waals surface area contributed by atoms with E-state index in [1.54, 1.807) is 12.1 Å². The molecule has 0 bridgehead atoms. The Morgan fingerprint density at radius 3 is 2.22 bits per heavy atom. The number of carbonyl (C=O) groups is 3. The third kappa shape index (κ3) is 4.52. The molecular weight excluding hydrogens is 456 g/mol. The summed E-state index contributed by atoms with van der Waals surface area (Å²) in [6.45, 7) is 4.18. The normalized spacial score (nSPS) is 16.1. The lowest BCUT2D eigenvalue weighted by molar-refractivity contribution is -0.114. The predicted molar refractivity (Wildman–Crippen MR) is 136 cm³/mol. The zero-order chi connectivity index (χ0) is 25.3. The lowest BCUT2D eigenvalue weighted by Gasteiger charge is -2.53. The van der Waals surface area contributed by atoms with Crippen LogP contribution in [-0.2, 0) is 30.0 Å². The number of hydrogen-bond donors (Lipinski definition) is 3. The molecule has 1 aliphatic carbocycles. The quantitative estimate of drug-likeness (QED) is 0.469. The van der Waals surface area contributed by atoms with Crippen LogP contribution in [0.1, 0.15) is 63.9 Å². The van der Waals surface area contributed by atoms with Crippen molar-refractivity contribution in [2.24, 2.45) is 0 Å². The maximum Gasteiger partial charge on any atom is 0.335 e. The number of aromatic nitrogens is 1. The van der Waals surface area contributed by atoms with Gasteiger partial charge in [0.25, 0.3) is 5.91 Å². The molecule has 1 spiro atoms. The topological polar surface area (TPSA) is 104 Å². The van der Waals surface area contributed by atoms with Gasteiger partial charge in [-0.25, -0.2) is 4.79 Å². The van der Waals surface area contributed by atoms with Gasteiger partial charge in [-0.3, -0.25) is 14.5 Å². The van der Waals surface area contributed by atoms with E-state index in [1.165, 1.54) is 12.6 Å². The molecule has 3 aromatic rings. The molecule has 1 fully saturated rings. The Hall–Kier alpha value is -3.91. The summed E-state index contributed by atoms with van der Waals surface area (Å²) >= 11 is 0. The van der Waals surface area contributed by atoms with Crippen molar-refractivity contribution in [3.8, 4) is 0 Å². The van der Waals surface area contributed by atoms with E-state index < -0.39 is 5.97 Å². The van der Waals surface area contributed by atoms with Gasteiger partial charge in [0.05, 0.1) is 11.1 Å². The molecule has 1 aliphatic heterocycles. The van der Waals surface area contributed by atoms with Crippen molar-refractivity contribution in [3.05, 3.63) is 88.7 Å². The molecule has 1 aromatic heterocycles. The Kier molecular flexibility index (Phi) is 6.36. The molecule has 2 aromatic carbocycles. The Labute approximate surface area is 209 Å². The van der Waals surface area contributed by atoms with Crippen LogP contribution < -0.4 is 10.6 Å². The number of hydrogen-bond acceptors (Lipinski definition) is 4. The van der Waals surface area contributed by atoms with Gasteiger partial charge >= 0.3 is 5.97 Å². The summed E-state index contributed by atoms with van der Waals surface area (Å²) in [6, 6.07) is 18.6. The number of carboxylic acid groups (broad SMARTS) is 1. The standard InChI is InChI=1S/C28H30N4O4/c1-19(33)30-23-9-5-20(6-10-23)17-29-26(34)24-11-12-25-28(13-2-14-28)31(15-16-32(24)25)18-21-3-7-22(8-4-21)27(35)36/h3-12H,2,13-18H2,1H3,(H,29,34)(H,30,33)(H,35,36). The number of carbonyl (C=O) groups excluding carboxylic acids is 2. The lowest BCUT2D eigenvalue weighted by atomic mass is 9.71. The molecule has 2 amide bonds. The molecule has 5 rings (SSSR count). The van der Waals surface area contributed by atoms with Crippen molar-refractivity contribution in [3.63, 3.8) is 0 Å². The molecule has 2 heterocycles. The number of carboxylic acids is 1. The van der Waals surface area contributed by atoms with Crippen LogP contribution in [0.2, 0.25) is 0 Å². The van der Waals surface area contributed by atoms with E-state index in [9.17, 15) is 14.4 Å². The van der Waals surface area contributed by atoms with Crippen molar-refractivity contribution in [1.29, 1.82) is 0 Å². The molecule has 3 N–H and O–H groups in total. The monoisotopic (exact) mass is 486 g/mol. The van der Waals surface area contributed by atoms with Gasteiger partial charge in [0.2, 0.25) is 5.91 Å². The molecule has 0 radical (unpaired) electrons. The van der Waals surface area contributed by atoms with Crippen molar-refractivity contribution < 1.29 is 19.5 Å². The first-order valence-electron chi connectivity index (χ1n) is 12.3. The van der Waals surface area contributed by atoms with Crippen LogP contribution in [0, 0.1) is 0 Å². The predicted octanol–water partition coefficient (Wildman–Crippen LogP) is 3.97. The number of rotatable bonds is 7. The second-order valence-electron chi connectivity index (χ2n) is 9.63. The van der Waals surface area contributed by atoms with Gasteiger partial charge in [0.1, 0.15) is 5.69 Å². The Balaban J connectivity index is 1.28. The van der Waals surface area contributed by atoms with Crippen LogP contribution in [0.3, 0.4) is 0 Å². The highest BCUT2D eigenvalue weighted by atomic mass is 16.4. The van der Waals surface area contributed by atoms with E-state index in [-0.39, 0.29) is 17.4 Å². The van der Waals surface area contributed by atoms with Crippen molar-refractivity contribution in [2.45, 2.75) is 51.4 Å². The average molecular weight is 487 g/mol. The number of amides is 2. The van der Waals surface area contributed by atoms with E-state index in [0.717, 1.165) is 55.7 Å². The maximum absolute atomic E-state index is 13.1. The molecule has 0 saturated heterocycles. The lowest BCUT2D eigenvalue weighted by Crippen LogP contribution is -2.56. The zero-order valence-electron chi connectivity index (χ0n) is 20.3. The van der Waals surface area contributed by atoms with Gasteiger partial charge in [-0.2, -0.15) is 0 Å². The van der Waals surface area contributed by atoms with Gasteiger partial charge in [0, 0.05) is 44.5 Å². The minimum Gasteiger partial charge on any atom is -0.478 e. The highest BCUT2D eigenvalue weighted by Crippen LogP contribution is 2.49. The first kappa shape index (κ1) is 23.8. The zero-order valence-corrected chi connectivity index (χ0v) is 20.3. The number of benzene rings is 2. The first-order valence-corrected chi connectivity index (χ1v) is 12.3. The fourth-order valence-electron chi connectivity index (χ4n) is 5.38. The number of nitrogens with one attached hydrogen (secondary N) is 2. The maximum atomic E-state index is 13.1. The number of aromatic carboxylic acids is 1. The first-order chi connectivity index (χ1) is 17.4. The molecule has 186 valence electrons. The van der Waals surface area contributed by atoms with Crippen molar-refractivity contribution in [2.75, 3.05) is 11.9 Å². The highest BCUT2D eigenvalue weighted by Gasteiger charge is 2.48. The van der Waals surface area contributed by atoms with Crippen molar-refractivity contribution in [1.82, 2.24) is 14.8 Å². The van der Waals surface area contributed by atoms with Crippen LogP contribution in [0.15, 0.2) is 60.7 Å². The number of anilines is 1. The third-order valence-electron chi connectivity index (χ3n) is 7.37. The molecule has 0 atom stereocenters. The van der Waals surface area contributed by atoms with Crippen LogP contribution in [0.4, 0.5) is 5.69 Å².